The van der Waals surface area contributed by atoms with Gasteiger partial charge in [0.05, 0.1) is 6.26 Å². The molecule has 3 aromatic heterocycles. The predicted molar refractivity (Wildman–Crippen MR) is 148 cm³/mol. The molecular weight excluding hydrogens is 474 g/mol. The van der Waals surface area contributed by atoms with Crippen LogP contribution < -0.4 is 11.3 Å². The van der Waals surface area contributed by atoms with Gasteiger partial charge in [0, 0.05) is 42.0 Å². The molecule has 0 bridgehead atoms. The Morgan fingerprint density at radius 3 is 2.42 bits per heavy atom. The summed E-state index contributed by atoms with van der Waals surface area (Å²) >= 11 is 0. The number of nitrogens with two attached hydrogens (primary N) is 1. The SMILES string of the molecule is NNC(=O)c1ccc(Cn2ccc3cc(C4CCN(Cc5ccc(-c6ccco6)cc5)CC4)cnc32)cc1. The number of aromatic nitrogens is 2. The van der Waals surface area contributed by atoms with Crippen LogP contribution in [-0.2, 0) is 13.1 Å². The van der Waals surface area contributed by atoms with Gasteiger partial charge in [-0.25, -0.2) is 10.8 Å². The van der Waals surface area contributed by atoms with E-state index in [1.807, 2.05) is 24.3 Å². The van der Waals surface area contributed by atoms with Crippen LogP contribution >= 0.6 is 0 Å². The smallest absolute Gasteiger partial charge is 0.265 e. The van der Waals surface area contributed by atoms with Crippen LogP contribution in [0, 0.1) is 0 Å². The van der Waals surface area contributed by atoms with Gasteiger partial charge < -0.3 is 8.98 Å². The van der Waals surface area contributed by atoms with E-state index < -0.39 is 0 Å². The topological polar surface area (TPSA) is 89.3 Å². The van der Waals surface area contributed by atoms with Crippen LogP contribution in [0.25, 0.3) is 22.4 Å². The summed E-state index contributed by atoms with van der Waals surface area (Å²) in [4.78, 5) is 19.1. The molecule has 5 aromatic rings. The number of fused-ring (bicyclic) bond motifs is 1. The van der Waals surface area contributed by atoms with E-state index in [-0.39, 0.29) is 5.91 Å². The molecule has 2 aromatic carbocycles. The number of amides is 1. The first-order chi connectivity index (χ1) is 18.7. The van der Waals surface area contributed by atoms with Crippen LogP contribution in [0.4, 0.5) is 0 Å². The average molecular weight is 506 g/mol. The van der Waals surface area contributed by atoms with Gasteiger partial charge in [0.25, 0.3) is 5.91 Å². The van der Waals surface area contributed by atoms with E-state index >= 15 is 0 Å². The predicted octanol–water partition coefficient (Wildman–Crippen LogP) is 5.33. The fraction of sp³-hybridized carbons (Fsp3) is 0.226. The summed E-state index contributed by atoms with van der Waals surface area (Å²) < 4.78 is 7.65. The number of nitrogens with one attached hydrogen (secondary N) is 1. The number of hydrogen-bond donors (Lipinski definition) is 2. The third-order valence-electron chi connectivity index (χ3n) is 7.55. The molecule has 7 nitrogen and oxygen atoms in total. The second kappa shape index (κ2) is 10.7. The zero-order valence-corrected chi connectivity index (χ0v) is 21.2. The molecule has 1 aliphatic heterocycles. The molecule has 192 valence electrons. The van der Waals surface area contributed by atoms with Gasteiger partial charge in [0.1, 0.15) is 11.4 Å². The van der Waals surface area contributed by atoms with E-state index in [0.717, 1.165) is 55.0 Å². The van der Waals surface area contributed by atoms with E-state index in [1.54, 1.807) is 18.4 Å². The van der Waals surface area contributed by atoms with Gasteiger partial charge in [0.15, 0.2) is 0 Å². The summed E-state index contributed by atoms with van der Waals surface area (Å²) in [6, 6.07) is 24.5. The molecule has 1 saturated heterocycles. The molecule has 0 aliphatic carbocycles. The molecule has 0 radical (unpaired) electrons. The quantitative estimate of drug-likeness (QED) is 0.177. The van der Waals surface area contributed by atoms with Crippen molar-refractivity contribution in [1.29, 1.82) is 0 Å². The molecule has 0 atom stereocenters. The van der Waals surface area contributed by atoms with Crippen LogP contribution in [-0.4, -0.2) is 33.4 Å². The first-order valence-corrected chi connectivity index (χ1v) is 13.1. The maximum atomic E-state index is 11.7. The van der Waals surface area contributed by atoms with Gasteiger partial charge in [-0.2, -0.15) is 0 Å². The maximum Gasteiger partial charge on any atom is 0.265 e. The van der Waals surface area contributed by atoms with Crippen molar-refractivity contribution in [1.82, 2.24) is 19.9 Å². The Morgan fingerprint density at radius 1 is 0.974 bits per heavy atom. The van der Waals surface area contributed by atoms with Crippen molar-refractivity contribution in [3.8, 4) is 11.3 Å². The number of rotatable bonds is 7. The number of carbonyl (C=O) groups is 1. The van der Waals surface area contributed by atoms with Gasteiger partial charge >= 0.3 is 0 Å². The molecular formula is C31H31N5O2. The minimum atomic E-state index is -0.289. The van der Waals surface area contributed by atoms with E-state index in [1.165, 1.54) is 16.5 Å². The average Bonchev–Trinajstić information content (AvgIpc) is 3.64. The summed E-state index contributed by atoms with van der Waals surface area (Å²) in [6.45, 7) is 3.84. The fourth-order valence-corrected chi connectivity index (χ4v) is 5.39. The van der Waals surface area contributed by atoms with Crippen molar-refractivity contribution in [2.45, 2.75) is 31.8 Å². The van der Waals surface area contributed by atoms with E-state index in [4.69, 9.17) is 15.2 Å². The van der Waals surface area contributed by atoms with Crippen molar-refractivity contribution >= 4 is 16.9 Å². The van der Waals surface area contributed by atoms with Crippen LogP contribution in [0.5, 0.6) is 0 Å². The first-order valence-electron chi connectivity index (χ1n) is 13.1. The highest BCUT2D eigenvalue weighted by molar-refractivity contribution is 5.93. The Bertz CT molecular complexity index is 1510. The molecule has 4 heterocycles. The minimum Gasteiger partial charge on any atom is -0.464 e. The van der Waals surface area contributed by atoms with Crippen molar-refractivity contribution in [2.24, 2.45) is 5.84 Å². The molecule has 0 unspecified atom stereocenters. The number of piperidine rings is 1. The highest BCUT2D eigenvalue weighted by Crippen LogP contribution is 2.30. The number of hydrogen-bond acceptors (Lipinski definition) is 5. The van der Waals surface area contributed by atoms with Crippen molar-refractivity contribution in [3.05, 3.63) is 114 Å². The van der Waals surface area contributed by atoms with E-state index in [0.29, 0.717) is 18.0 Å². The molecule has 6 rings (SSSR count). The molecule has 0 saturated carbocycles. The highest BCUT2D eigenvalue weighted by atomic mass is 16.3. The number of carbonyl (C=O) groups excluding carboxylic acids is 1. The zero-order chi connectivity index (χ0) is 25.9. The second-order valence-electron chi connectivity index (χ2n) is 10.0. The third kappa shape index (κ3) is 5.11. The molecule has 1 aliphatic rings. The Balaban J connectivity index is 1.06. The van der Waals surface area contributed by atoms with Gasteiger partial charge in [-0.15, -0.1) is 0 Å². The Kier molecular flexibility index (Phi) is 6.77. The number of likely N-dealkylation sites (tertiary alicyclic amines) is 1. The summed E-state index contributed by atoms with van der Waals surface area (Å²) in [7, 11) is 0. The van der Waals surface area contributed by atoms with Gasteiger partial charge in [-0.1, -0.05) is 36.4 Å². The van der Waals surface area contributed by atoms with E-state index in [9.17, 15) is 4.79 Å². The van der Waals surface area contributed by atoms with Crippen molar-refractivity contribution < 1.29 is 9.21 Å². The maximum absolute atomic E-state index is 11.7. The van der Waals surface area contributed by atoms with Gasteiger partial charge in [0.2, 0.25) is 0 Å². The number of benzene rings is 2. The lowest BCUT2D eigenvalue weighted by molar-refractivity contribution is 0.0953. The first kappa shape index (κ1) is 24.2. The molecule has 1 amide bonds. The Hall–Kier alpha value is -4.20. The Labute approximate surface area is 221 Å². The Morgan fingerprint density at radius 2 is 1.71 bits per heavy atom. The summed E-state index contributed by atoms with van der Waals surface area (Å²) in [5.74, 6) is 6.37. The number of pyridine rings is 1. The fourth-order valence-electron chi connectivity index (χ4n) is 5.39. The van der Waals surface area contributed by atoms with Crippen molar-refractivity contribution in [3.63, 3.8) is 0 Å². The normalized spacial score (nSPS) is 14.7. The summed E-state index contributed by atoms with van der Waals surface area (Å²) in [6.07, 6.45) is 8.13. The number of nitrogen functional groups attached to an aromatic ring is 1. The monoisotopic (exact) mass is 505 g/mol. The summed E-state index contributed by atoms with van der Waals surface area (Å²) in [5.41, 5.74) is 8.57. The van der Waals surface area contributed by atoms with E-state index in [2.05, 4.69) is 63.7 Å². The van der Waals surface area contributed by atoms with Crippen LogP contribution in [0.1, 0.15) is 45.8 Å². The standard InChI is InChI=1S/C31H31N5O2/c32-34-31(37)26-9-5-23(6-10-26)21-36-16-13-27-18-28(19-33-30(27)36)24-11-14-35(15-12-24)20-22-3-7-25(8-4-22)29-2-1-17-38-29/h1-10,13,16-19,24H,11-12,14-15,20-21,32H2,(H,34,37). The zero-order valence-electron chi connectivity index (χ0n) is 21.2. The lowest BCUT2D eigenvalue weighted by atomic mass is 9.90. The molecule has 3 N–H and O–H groups in total. The lowest BCUT2D eigenvalue weighted by Crippen LogP contribution is -2.32. The van der Waals surface area contributed by atoms with Crippen LogP contribution in [0.3, 0.4) is 0 Å². The highest BCUT2D eigenvalue weighted by Gasteiger charge is 2.21. The lowest BCUT2D eigenvalue weighted by Gasteiger charge is -2.32. The van der Waals surface area contributed by atoms with Crippen LogP contribution in [0.2, 0.25) is 0 Å². The van der Waals surface area contributed by atoms with Gasteiger partial charge in [-0.3, -0.25) is 15.1 Å². The molecule has 0 spiro atoms. The number of hydrazine groups is 1. The largest absolute Gasteiger partial charge is 0.464 e. The molecule has 7 heteroatoms. The van der Waals surface area contributed by atoms with Crippen LogP contribution in [0.15, 0.2) is 95.9 Å². The summed E-state index contributed by atoms with van der Waals surface area (Å²) in [5, 5.41) is 1.17. The van der Waals surface area contributed by atoms with Gasteiger partial charge in [-0.05, 0) is 84.9 Å². The molecule has 1 fully saturated rings. The number of nitrogens with zero attached hydrogens (tertiary/aromatic N) is 3. The third-order valence-corrected chi connectivity index (χ3v) is 7.55. The molecule has 38 heavy (non-hydrogen) atoms. The minimum absolute atomic E-state index is 0.289. The van der Waals surface area contributed by atoms with Crippen molar-refractivity contribution in [2.75, 3.05) is 13.1 Å². The second-order valence-corrected chi connectivity index (χ2v) is 10.0. The number of furan rings is 1.